The van der Waals surface area contributed by atoms with E-state index in [2.05, 4.69) is 25.2 Å². The number of nitrogens with two attached hydrogens (primary N) is 1. The van der Waals surface area contributed by atoms with Crippen molar-refractivity contribution in [3.63, 3.8) is 0 Å². The first-order chi connectivity index (χ1) is 18.6. The third-order valence-electron chi connectivity index (χ3n) is 6.17. The van der Waals surface area contributed by atoms with Gasteiger partial charge in [0.25, 0.3) is 0 Å². The molecule has 0 atom stereocenters. The van der Waals surface area contributed by atoms with Crippen LogP contribution in [0.2, 0.25) is 0 Å². The molecular formula is C29H23N7O2. The predicted octanol–water partition coefficient (Wildman–Crippen LogP) is 4.62. The van der Waals surface area contributed by atoms with E-state index in [1.54, 1.807) is 42.9 Å². The van der Waals surface area contributed by atoms with Crippen LogP contribution in [0.4, 0.5) is 11.4 Å². The average molecular weight is 502 g/mol. The van der Waals surface area contributed by atoms with E-state index in [1.807, 2.05) is 60.7 Å². The standard InChI is InChI=1S/C29H23N7O2/c30-22-10-7-21-15-27(29(37)38-28(21)16-22)36-19-26(33-34-36)20-8-11-25(12-9-20)35(17-23-5-1-3-13-31-23)18-24-6-2-4-14-32-24/h1-16,19H,17-18,30H2. The number of benzene rings is 2. The zero-order chi connectivity index (χ0) is 25.9. The summed E-state index contributed by atoms with van der Waals surface area (Å²) in [5, 5.41) is 9.21. The minimum Gasteiger partial charge on any atom is -0.421 e. The summed E-state index contributed by atoms with van der Waals surface area (Å²) < 4.78 is 6.87. The lowest BCUT2D eigenvalue weighted by Crippen LogP contribution is -2.23. The maximum absolute atomic E-state index is 12.6. The van der Waals surface area contributed by atoms with Crippen LogP contribution < -0.4 is 16.3 Å². The predicted molar refractivity (Wildman–Crippen MR) is 146 cm³/mol. The number of hydrogen-bond donors (Lipinski definition) is 1. The summed E-state index contributed by atoms with van der Waals surface area (Å²) in [5.41, 5.74) is 11.0. The quantitative estimate of drug-likeness (QED) is 0.249. The zero-order valence-electron chi connectivity index (χ0n) is 20.3. The van der Waals surface area contributed by atoms with Gasteiger partial charge >= 0.3 is 5.63 Å². The molecule has 0 saturated heterocycles. The van der Waals surface area contributed by atoms with Crippen LogP contribution in [0.5, 0.6) is 0 Å². The number of nitrogen functional groups attached to an aromatic ring is 1. The van der Waals surface area contributed by atoms with Crippen molar-refractivity contribution in [2.75, 3.05) is 10.6 Å². The zero-order valence-corrected chi connectivity index (χ0v) is 20.3. The van der Waals surface area contributed by atoms with Crippen LogP contribution in [0.25, 0.3) is 27.9 Å². The largest absolute Gasteiger partial charge is 0.421 e. The molecule has 6 rings (SSSR count). The molecule has 0 fully saturated rings. The van der Waals surface area contributed by atoms with Gasteiger partial charge in [0, 0.05) is 40.8 Å². The van der Waals surface area contributed by atoms with Crippen LogP contribution in [-0.2, 0) is 13.1 Å². The molecule has 0 bridgehead atoms. The van der Waals surface area contributed by atoms with Crippen molar-refractivity contribution in [2.24, 2.45) is 0 Å². The smallest absolute Gasteiger partial charge is 0.362 e. The van der Waals surface area contributed by atoms with Crippen LogP contribution >= 0.6 is 0 Å². The molecule has 0 unspecified atom stereocenters. The molecule has 4 aromatic heterocycles. The first kappa shape index (κ1) is 23.1. The van der Waals surface area contributed by atoms with E-state index >= 15 is 0 Å². The summed E-state index contributed by atoms with van der Waals surface area (Å²) in [6.07, 6.45) is 5.31. The van der Waals surface area contributed by atoms with Gasteiger partial charge in [-0.15, -0.1) is 5.10 Å². The molecular weight excluding hydrogens is 478 g/mol. The van der Waals surface area contributed by atoms with Crippen molar-refractivity contribution in [1.29, 1.82) is 0 Å². The van der Waals surface area contributed by atoms with Gasteiger partial charge in [-0.05, 0) is 54.6 Å². The van der Waals surface area contributed by atoms with E-state index < -0.39 is 5.63 Å². The van der Waals surface area contributed by atoms with Gasteiger partial charge in [-0.25, -0.2) is 9.48 Å². The molecule has 186 valence electrons. The van der Waals surface area contributed by atoms with Gasteiger partial charge in [0.1, 0.15) is 11.3 Å². The van der Waals surface area contributed by atoms with Gasteiger partial charge in [0.05, 0.1) is 30.7 Å². The fourth-order valence-electron chi connectivity index (χ4n) is 4.25. The van der Waals surface area contributed by atoms with Crippen molar-refractivity contribution in [3.8, 4) is 16.9 Å². The Morgan fingerprint density at radius 1 is 0.842 bits per heavy atom. The van der Waals surface area contributed by atoms with E-state index in [0.29, 0.717) is 30.1 Å². The average Bonchev–Trinajstić information content (AvgIpc) is 3.44. The van der Waals surface area contributed by atoms with E-state index in [9.17, 15) is 4.79 Å². The Morgan fingerprint density at radius 3 is 2.21 bits per heavy atom. The molecule has 2 N–H and O–H groups in total. The van der Waals surface area contributed by atoms with Crippen LogP contribution in [-0.4, -0.2) is 25.0 Å². The monoisotopic (exact) mass is 501 g/mol. The minimum absolute atomic E-state index is 0.273. The SMILES string of the molecule is Nc1ccc2cc(-n3cc(-c4ccc(N(Cc5ccccn5)Cc5ccccn5)cc4)nn3)c(=O)oc2c1. The Balaban J connectivity index is 1.27. The number of anilines is 2. The molecule has 0 aliphatic carbocycles. The Kier molecular flexibility index (Phi) is 6.07. The topological polar surface area (TPSA) is 116 Å². The maximum atomic E-state index is 12.6. The molecule has 0 saturated carbocycles. The van der Waals surface area contributed by atoms with Crippen LogP contribution in [0, 0.1) is 0 Å². The van der Waals surface area contributed by atoms with Crippen LogP contribution in [0.3, 0.4) is 0 Å². The van der Waals surface area contributed by atoms with Crippen LogP contribution in [0.15, 0.2) is 113 Å². The van der Waals surface area contributed by atoms with Crippen molar-refractivity contribution < 1.29 is 4.42 Å². The normalized spacial score (nSPS) is 11.1. The molecule has 9 heteroatoms. The van der Waals surface area contributed by atoms with E-state index in [4.69, 9.17) is 10.2 Å². The summed E-state index contributed by atoms with van der Waals surface area (Å²) in [4.78, 5) is 23.8. The Labute approximate surface area is 217 Å². The van der Waals surface area contributed by atoms with Crippen molar-refractivity contribution in [1.82, 2.24) is 25.0 Å². The lowest BCUT2D eigenvalue weighted by Gasteiger charge is -2.24. The highest BCUT2D eigenvalue weighted by atomic mass is 16.4. The first-order valence-corrected chi connectivity index (χ1v) is 12.0. The lowest BCUT2D eigenvalue weighted by molar-refractivity contribution is 0.551. The van der Waals surface area contributed by atoms with Gasteiger partial charge in [-0.2, -0.15) is 0 Å². The summed E-state index contributed by atoms with van der Waals surface area (Å²) in [6.45, 7) is 1.27. The lowest BCUT2D eigenvalue weighted by atomic mass is 10.1. The van der Waals surface area contributed by atoms with Gasteiger partial charge in [0.2, 0.25) is 0 Å². The second kappa shape index (κ2) is 9.98. The molecule has 6 aromatic rings. The number of aromatic nitrogens is 5. The summed E-state index contributed by atoms with van der Waals surface area (Å²) in [7, 11) is 0. The highest BCUT2D eigenvalue weighted by Gasteiger charge is 2.14. The maximum Gasteiger partial charge on any atom is 0.362 e. The fourth-order valence-corrected chi connectivity index (χ4v) is 4.25. The minimum atomic E-state index is -0.519. The van der Waals surface area contributed by atoms with Crippen LogP contribution in [0.1, 0.15) is 11.4 Å². The third-order valence-corrected chi connectivity index (χ3v) is 6.17. The van der Waals surface area contributed by atoms with Gasteiger partial charge < -0.3 is 15.1 Å². The molecule has 0 aliphatic heterocycles. The summed E-state index contributed by atoms with van der Waals surface area (Å²) >= 11 is 0. The van der Waals surface area contributed by atoms with E-state index in [0.717, 1.165) is 28.0 Å². The van der Waals surface area contributed by atoms with Crippen molar-refractivity contribution in [3.05, 3.63) is 125 Å². The molecule has 0 amide bonds. The summed E-state index contributed by atoms with van der Waals surface area (Å²) in [6, 6.07) is 26.8. The molecule has 0 radical (unpaired) electrons. The van der Waals surface area contributed by atoms with Crippen molar-refractivity contribution in [2.45, 2.75) is 13.1 Å². The van der Waals surface area contributed by atoms with Gasteiger partial charge in [0.15, 0.2) is 5.69 Å². The molecule has 38 heavy (non-hydrogen) atoms. The second-order valence-electron chi connectivity index (χ2n) is 8.81. The van der Waals surface area contributed by atoms with Gasteiger partial charge in [-0.3, -0.25) is 9.97 Å². The number of fused-ring (bicyclic) bond motifs is 1. The molecule has 4 heterocycles. The third kappa shape index (κ3) is 4.85. The molecule has 2 aromatic carbocycles. The first-order valence-electron chi connectivity index (χ1n) is 12.0. The second-order valence-corrected chi connectivity index (χ2v) is 8.81. The number of rotatable bonds is 7. The highest BCUT2D eigenvalue weighted by molar-refractivity contribution is 5.81. The number of nitrogens with zero attached hydrogens (tertiary/aromatic N) is 6. The van der Waals surface area contributed by atoms with E-state index in [-0.39, 0.29) is 5.69 Å². The Hall–Kier alpha value is -5.31. The number of hydrogen-bond acceptors (Lipinski definition) is 8. The number of pyridine rings is 2. The van der Waals surface area contributed by atoms with Crippen molar-refractivity contribution >= 4 is 22.3 Å². The molecule has 0 aliphatic rings. The van der Waals surface area contributed by atoms with E-state index in [1.165, 1.54) is 4.68 Å². The molecule has 0 spiro atoms. The highest BCUT2D eigenvalue weighted by Crippen LogP contribution is 2.25. The fraction of sp³-hybridized carbons (Fsp3) is 0.0690. The Bertz CT molecular complexity index is 1710. The summed E-state index contributed by atoms with van der Waals surface area (Å²) in [5.74, 6) is 0. The molecule has 9 nitrogen and oxygen atoms in total. The van der Waals surface area contributed by atoms with Gasteiger partial charge in [-0.1, -0.05) is 29.5 Å². The Morgan fingerprint density at radius 2 is 1.55 bits per heavy atom.